The van der Waals surface area contributed by atoms with Crippen LogP contribution in [0.4, 0.5) is 0 Å². The first-order valence-electron chi connectivity index (χ1n) is 9.96. The van der Waals surface area contributed by atoms with E-state index in [1.165, 1.54) is 11.3 Å². The topological polar surface area (TPSA) is 73.2 Å². The van der Waals surface area contributed by atoms with Gasteiger partial charge in [0.25, 0.3) is 11.5 Å². The molecule has 0 atom stereocenters. The number of thiophene rings is 1. The van der Waals surface area contributed by atoms with Crippen molar-refractivity contribution in [3.05, 3.63) is 69.6 Å². The van der Waals surface area contributed by atoms with Gasteiger partial charge >= 0.3 is 0 Å². The van der Waals surface area contributed by atoms with Gasteiger partial charge in [-0.05, 0) is 30.2 Å². The molecule has 0 fully saturated rings. The van der Waals surface area contributed by atoms with Crippen LogP contribution in [-0.2, 0) is 13.7 Å². The number of carbonyl (C=O) groups excluding carboxylic acids is 1. The third-order valence-electron chi connectivity index (χ3n) is 5.05. The number of hydrogen-bond donors (Lipinski definition) is 1. The molecule has 0 saturated heterocycles. The molecule has 7 heteroatoms. The average Bonchev–Trinajstić information content (AvgIpc) is 3.17. The van der Waals surface area contributed by atoms with E-state index in [-0.39, 0.29) is 18.1 Å². The fraction of sp³-hybridized carbons (Fsp3) is 0.261. The molecule has 0 aliphatic carbocycles. The molecule has 3 heterocycles. The van der Waals surface area contributed by atoms with E-state index in [2.05, 4.69) is 17.2 Å². The maximum Gasteiger partial charge on any atom is 0.265 e. The largest absolute Gasteiger partial charge is 0.486 e. The van der Waals surface area contributed by atoms with Crippen molar-refractivity contribution in [3.8, 4) is 5.75 Å². The van der Waals surface area contributed by atoms with Gasteiger partial charge in [-0.25, -0.2) is 0 Å². The molecule has 0 aliphatic rings. The number of nitrogens with one attached hydrogen (secondary N) is 1. The molecule has 154 valence electrons. The highest BCUT2D eigenvalue weighted by molar-refractivity contribution is 7.22. The van der Waals surface area contributed by atoms with Gasteiger partial charge in [0.2, 0.25) is 0 Å². The van der Waals surface area contributed by atoms with Gasteiger partial charge in [-0.2, -0.15) is 0 Å². The number of unbranched alkanes of at least 4 members (excludes halogenated alkanes) is 1. The van der Waals surface area contributed by atoms with Crippen molar-refractivity contribution in [2.45, 2.75) is 26.4 Å². The van der Waals surface area contributed by atoms with Gasteiger partial charge in [0.15, 0.2) is 5.75 Å². The van der Waals surface area contributed by atoms with Gasteiger partial charge < -0.3 is 14.6 Å². The van der Waals surface area contributed by atoms with Crippen LogP contribution in [0.3, 0.4) is 0 Å². The second-order valence-electron chi connectivity index (χ2n) is 7.10. The van der Waals surface area contributed by atoms with E-state index in [4.69, 9.17) is 4.74 Å². The van der Waals surface area contributed by atoms with Gasteiger partial charge in [-0.1, -0.05) is 31.5 Å². The van der Waals surface area contributed by atoms with Crippen LogP contribution in [0.5, 0.6) is 5.75 Å². The molecular formula is C23H23N3O3S. The first-order chi connectivity index (χ1) is 14.6. The Balaban J connectivity index is 1.87. The van der Waals surface area contributed by atoms with Gasteiger partial charge in [-0.3, -0.25) is 14.6 Å². The fourth-order valence-electron chi connectivity index (χ4n) is 3.42. The summed E-state index contributed by atoms with van der Waals surface area (Å²) in [4.78, 5) is 30.6. The number of pyridine rings is 2. The number of benzene rings is 1. The SMILES string of the molecule is CCCCNC(=O)c1sc2c(c1OCc1ccncc1)c(=O)n(C)c1ccccc21. The molecule has 1 amide bonds. The van der Waals surface area contributed by atoms with E-state index in [0.29, 0.717) is 22.6 Å². The van der Waals surface area contributed by atoms with Crippen molar-refractivity contribution in [1.29, 1.82) is 0 Å². The summed E-state index contributed by atoms with van der Waals surface area (Å²) < 4.78 is 8.49. The van der Waals surface area contributed by atoms with Crippen molar-refractivity contribution >= 4 is 38.2 Å². The Morgan fingerprint density at radius 2 is 1.97 bits per heavy atom. The zero-order valence-corrected chi connectivity index (χ0v) is 17.8. The average molecular weight is 422 g/mol. The summed E-state index contributed by atoms with van der Waals surface area (Å²) in [5, 5.41) is 4.34. The normalized spacial score (nSPS) is 11.1. The van der Waals surface area contributed by atoms with Gasteiger partial charge in [0.05, 0.1) is 10.2 Å². The third kappa shape index (κ3) is 3.68. The number of rotatable bonds is 7. The molecule has 0 spiro atoms. The lowest BCUT2D eigenvalue weighted by molar-refractivity contribution is 0.0953. The number of aryl methyl sites for hydroxylation is 1. The Labute approximate surface area is 178 Å². The fourth-order valence-corrected chi connectivity index (χ4v) is 4.60. The number of nitrogens with zero attached hydrogens (tertiary/aromatic N) is 2. The zero-order valence-electron chi connectivity index (χ0n) is 17.0. The molecule has 4 aromatic rings. The van der Waals surface area contributed by atoms with E-state index < -0.39 is 0 Å². The van der Waals surface area contributed by atoms with Crippen LogP contribution in [0.1, 0.15) is 35.0 Å². The Kier molecular flexibility index (Phi) is 5.81. The highest BCUT2D eigenvalue weighted by atomic mass is 32.1. The number of aromatic nitrogens is 2. The standard InChI is InChI=1S/C23H23N3O3S/c1-3-4-11-25-22(27)21-19(29-14-15-9-12-24-13-10-15)18-20(30-21)16-7-5-6-8-17(16)26(2)23(18)28/h5-10,12-13H,3-4,11,14H2,1-2H3,(H,25,27). The van der Waals surface area contributed by atoms with Crippen LogP contribution >= 0.6 is 11.3 Å². The molecule has 4 rings (SSSR count). The summed E-state index contributed by atoms with van der Waals surface area (Å²) in [7, 11) is 1.75. The Bertz CT molecular complexity index is 1260. The highest BCUT2D eigenvalue weighted by Crippen LogP contribution is 2.39. The summed E-state index contributed by atoms with van der Waals surface area (Å²) >= 11 is 1.31. The summed E-state index contributed by atoms with van der Waals surface area (Å²) in [6.07, 6.45) is 5.27. The van der Waals surface area contributed by atoms with E-state index in [9.17, 15) is 9.59 Å². The second-order valence-corrected chi connectivity index (χ2v) is 8.12. The smallest absolute Gasteiger partial charge is 0.265 e. The van der Waals surface area contributed by atoms with E-state index in [1.54, 1.807) is 24.0 Å². The third-order valence-corrected chi connectivity index (χ3v) is 6.25. The second kappa shape index (κ2) is 8.67. The van der Waals surface area contributed by atoms with Crippen molar-refractivity contribution in [2.24, 2.45) is 7.05 Å². The highest BCUT2D eigenvalue weighted by Gasteiger charge is 2.24. The summed E-state index contributed by atoms with van der Waals surface area (Å²) in [6, 6.07) is 11.4. The molecule has 0 bridgehead atoms. The van der Waals surface area contributed by atoms with Gasteiger partial charge in [0, 0.05) is 31.4 Å². The Hall–Kier alpha value is -3.19. The molecule has 0 aliphatic heterocycles. The molecule has 0 radical (unpaired) electrons. The molecule has 1 aromatic carbocycles. The first kappa shape index (κ1) is 20.1. The maximum atomic E-state index is 13.2. The van der Waals surface area contributed by atoms with Crippen LogP contribution in [0.15, 0.2) is 53.6 Å². The first-order valence-corrected chi connectivity index (χ1v) is 10.8. The minimum atomic E-state index is -0.208. The van der Waals surface area contributed by atoms with Crippen LogP contribution in [0, 0.1) is 0 Å². The van der Waals surface area contributed by atoms with Crippen LogP contribution in [0.2, 0.25) is 0 Å². The van der Waals surface area contributed by atoms with Crippen molar-refractivity contribution in [3.63, 3.8) is 0 Å². The summed E-state index contributed by atoms with van der Waals surface area (Å²) in [5.74, 6) is 0.146. The lowest BCUT2D eigenvalue weighted by Gasteiger charge is -2.10. The lowest BCUT2D eigenvalue weighted by atomic mass is 10.1. The molecule has 3 aromatic heterocycles. The number of hydrogen-bond acceptors (Lipinski definition) is 5. The number of amides is 1. The van der Waals surface area contributed by atoms with Crippen LogP contribution < -0.4 is 15.6 Å². The van der Waals surface area contributed by atoms with E-state index in [1.807, 2.05) is 36.4 Å². The molecular weight excluding hydrogens is 398 g/mol. The predicted octanol–water partition coefficient (Wildman–Crippen LogP) is 4.26. The maximum absolute atomic E-state index is 13.2. The van der Waals surface area contributed by atoms with Crippen molar-refractivity contribution in [1.82, 2.24) is 14.9 Å². The quantitative estimate of drug-likeness (QED) is 0.453. The van der Waals surface area contributed by atoms with E-state index in [0.717, 1.165) is 34.0 Å². The number of para-hydroxylation sites is 1. The monoisotopic (exact) mass is 421 g/mol. The minimum absolute atomic E-state index is 0.169. The lowest BCUT2D eigenvalue weighted by Crippen LogP contribution is -2.24. The van der Waals surface area contributed by atoms with Crippen LogP contribution in [-0.4, -0.2) is 22.0 Å². The Morgan fingerprint density at radius 3 is 2.73 bits per heavy atom. The van der Waals surface area contributed by atoms with Gasteiger partial charge in [0.1, 0.15) is 16.9 Å². The number of ether oxygens (including phenoxy) is 1. The molecule has 0 saturated carbocycles. The summed E-state index contributed by atoms with van der Waals surface area (Å²) in [6.45, 7) is 2.91. The number of carbonyl (C=O) groups is 1. The molecule has 0 unspecified atom stereocenters. The van der Waals surface area contributed by atoms with Crippen molar-refractivity contribution in [2.75, 3.05) is 6.54 Å². The minimum Gasteiger partial charge on any atom is -0.486 e. The summed E-state index contributed by atoms with van der Waals surface area (Å²) in [5.41, 5.74) is 1.58. The number of fused-ring (bicyclic) bond motifs is 3. The van der Waals surface area contributed by atoms with Crippen LogP contribution in [0.25, 0.3) is 21.0 Å². The predicted molar refractivity (Wildman–Crippen MR) is 120 cm³/mol. The van der Waals surface area contributed by atoms with Gasteiger partial charge in [-0.15, -0.1) is 11.3 Å². The molecule has 30 heavy (non-hydrogen) atoms. The molecule has 6 nitrogen and oxygen atoms in total. The molecule has 1 N–H and O–H groups in total. The van der Waals surface area contributed by atoms with Crippen molar-refractivity contribution < 1.29 is 9.53 Å². The Morgan fingerprint density at radius 1 is 1.20 bits per heavy atom. The zero-order chi connectivity index (χ0) is 21.1. The van der Waals surface area contributed by atoms with E-state index >= 15 is 0 Å².